The molecule has 6 nitrogen and oxygen atoms in total. The van der Waals surface area contributed by atoms with Crippen LogP contribution in [0.4, 0.5) is 5.82 Å². The summed E-state index contributed by atoms with van der Waals surface area (Å²) in [7, 11) is 0. The number of aromatic amines is 1. The Morgan fingerprint density at radius 2 is 2.14 bits per heavy atom. The van der Waals surface area contributed by atoms with Crippen molar-refractivity contribution in [3.63, 3.8) is 0 Å². The van der Waals surface area contributed by atoms with Crippen LogP contribution in [0, 0.1) is 6.92 Å². The molecule has 0 aromatic carbocycles. The first-order chi connectivity index (χ1) is 10.0. The minimum atomic E-state index is -0.171. The Hall–Kier alpha value is -1.89. The molecule has 21 heavy (non-hydrogen) atoms. The maximum absolute atomic E-state index is 11.4. The lowest BCUT2D eigenvalue weighted by molar-refractivity contribution is 0.747. The molecule has 2 N–H and O–H groups in total. The fraction of sp³-hybridized carbons (Fsp3) is 0.429. The molecule has 0 spiro atoms. The largest absolute Gasteiger partial charge is 0.370 e. The first-order valence-electron chi connectivity index (χ1n) is 6.86. The molecule has 0 atom stereocenters. The van der Waals surface area contributed by atoms with Gasteiger partial charge in [0.25, 0.3) is 5.56 Å². The van der Waals surface area contributed by atoms with Crippen LogP contribution in [0.2, 0.25) is 0 Å². The summed E-state index contributed by atoms with van der Waals surface area (Å²) in [6.07, 6.45) is 1.49. The van der Waals surface area contributed by atoms with Gasteiger partial charge in [-0.25, -0.2) is 15.0 Å². The van der Waals surface area contributed by atoms with Crippen molar-refractivity contribution in [2.24, 2.45) is 0 Å². The lowest BCUT2D eigenvalue weighted by Gasteiger charge is -2.14. The molecule has 0 radical (unpaired) electrons. The van der Waals surface area contributed by atoms with Crippen molar-refractivity contribution >= 4 is 17.6 Å². The third kappa shape index (κ3) is 3.81. The molecule has 0 amide bonds. The number of hydrogen-bond donors (Lipinski definition) is 2. The summed E-state index contributed by atoms with van der Waals surface area (Å²) in [4.78, 5) is 27.4. The predicted molar refractivity (Wildman–Crippen MR) is 84.0 cm³/mol. The second kappa shape index (κ2) is 6.71. The molecule has 2 aromatic rings. The van der Waals surface area contributed by atoms with Gasteiger partial charge in [-0.2, -0.15) is 0 Å². The van der Waals surface area contributed by atoms with Crippen LogP contribution < -0.4 is 10.9 Å². The smallest absolute Gasteiger partial charge is 0.251 e. The lowest BCUT2D eigenvalue weighted by Crippen LogP contribution is -2.09. The molecule has 0 aliphatic carbocycles. The van der Waals surface area contributed by atoms with Gasteiger partial charge in [0.1, 0.15) is 16.7 Å². The van der Waals surface area contributed by atoms with Crippen molar-refractivity contribution in [1.82, 2.24) is 19.9 Å². The number of aromatic nitrogens is 4. The van der Waals surface area contributed by atoms with Crippen LogP contribution in [0.5, 0.6) is 0 Å². The summed E-state index contributed by atoms with van der Waals surface area (Å²) in [5, 5.41) is 4.59. The molecule has 0 aliphatic heterocycles. The van der Waals surface area contributed by atoms with E-state index < -0.39 is 0 Å². The highest BCUT2D eigenvalue weighted by atomic mass is 32.2. The Balaban J connectivity index is 2.43. The molecule has 0 saturated heterocycles. The fourth-order valence-corrected chi connectivity index (χ4v) is 2.54. The van der Waals surface area contributed by atoms with Crippen LogP contribution in [0.1, 0.15) is 38.1 Å². The average molecular weight is 305 g/mol. The number of H-pyrrole nitrogens is 1. The minimum absolute atomic E-state index is 0.171. The summed E-state index contributed by atoms with van der Waals surface area (Å²) in [6, 6.07) is 1.39. The SMILES string of the molecule is CCNc1nc(C(C)C)nc(Sc2nccc(=O)[nH]2)c1C. The quantitative estimate of drug-likeness (QED) is 0.652. The second-order valence-electron chi connectivity index (χ2n) is 4.89. The number of nitrogens with one attached hydrogen (secondary N) is 2. The van der Waals surface area contributed by atoms with E-state index in [0.717, 1.165) is 28.8 Å². The van der Waals surface area contributed by atoms with Crippen molar-refractivity contribution in [2.75, 3.05) is 11.9 Å². The summed E-state index contributed by atoms with van der Waals surface area (Å²) in [6.45, 7) is 8.89. The van der Waals surface area contributed by atoms with Gasteiger partial charge in [0.15, 0.2) is 5.16 Å². The van der Waals surface area contributed by atoms with E-state index in [1.54, 1.807) is 0 Å². The topological polar surface area (TPSA) is 83.6 Å². The van der Waals surface area contributed by atoms with Crippen LogP contribution in [-0.4, -0.2) is 26.5 Å². The van der Waals surface area contributed by atoms with Gasteiger partial charge in [-0.15, -0.1) is 0 Å². The van der Waals surface area contributed by atoms with Gasteiger partial charge < -0.3 is 10.3 Å². The third-order valence-electron chi connectivity index (χ3n) is 2.82. The number of rotatable bonds is 5. The molecule has 2 aromatic heterocycles. The molecule has 0 bridgehead atoms. The standard InChI is InChI=1S/C14H19N5OS/c1-5-15-12-9(4)13(19-11(18-12)8(2)3)21-14-16-7-6-10(20)17-14/h6-8H,5H2,1-4H3,(H,15,18,19)(H,16,17,20). The molecule has 0 unspecified atom stereocenters. The maximum Gasteiger partial charge on any atom is 0.251 e. The summed E-state index contributed by atoms with van der Waals surface area (Å²) in [5.74, 6) is 1.83. The first kappa shape index (κ1) is 15.5. The zero-order valence-corrected chi connectivity index (χ0v) is 13.4. The fourth-order valence-electron chi connectivity index (χ4n) is 1.71. The van der Waals surface area contributed by atoms with Gasteiger partial charge in [0.05, 0.1) is 0 Å². The van der Waals surface area contributed by atoms with E-state index in [4.69, 9.17) is 0 Å². The van der Waals surface area contributed by atoms with Crippen molar-refractivity contribution in [1.29, 1.82) is 0 Å². The van der Waals surface area contributed by atoms with Crippen molar-refractivity contribution < 1.29 is 0 Å². The zero-order valence-electron chi connectivity index (χ0n) is 12.6. The number of nitrogens with zero attached hydrogens (tertiary/aromatic N) is 3. The number of anilines is 1. The first-order valence-corrected chi connectivity index (χ1v) is 7.68. The highest BCUT2D eigenvalue weighted by Crippen LogP contribution is 2.30. The summed E-state index contributed by atoms with van der Waals surface area (Å²) < 4.78 is 0. The predicted octanol–water partition coefficient (Wildman–Crippen LogP) is 2.57. The van der Waals surface area contributed by atoms with Crippen LogP contribution >= 0.6 is 11.8 Å². The molecule has 0 fully saturated rings. The van der Waals surface area contributed by atoms with Crippen LogP contribution in [-0.2, 0) is 0 Å². The van der Waals surface area contributed by atoms with E-state index in [2.05, 4.69) is 39.1 Å². The minimum Gasteiger partial charge on any atom is -0.370 e. The average Bonchev–Trinajstić information content (AvgIpc) is 2.43. The van der Waals surface area contributed by atoms with E-state index in [9.17, 15) is 4.79 Å². The lowest BCUT2D eigenvalue weighted by atomic mass is 10.2. The molecular weight excluding hydrogens is 286 g/mol. The van der Waals surface area contributed by atoms with Crippen LogP contribution in [0.25, 0.3) is 0 Å². The monoisotopic (exact) mass is 305 g/mol. The van der Waals surface area contributed by atoms with Crippen molar-refractivity contribution in [2.45, 2.75) is 43.8 Å². The van der Waals surface area contributed by atoms with Crippen molar-refractivity contribution in [3.8, 4) is 0 Å². The molecule has 112 valence electrons. The molecule has 7 heteroatoms. The molecule has 0 aliphatic rings. The Kier molecular flexibility index (Phi) is 4.95. The molecule has 2 heterocycles. The summed E-state index contributed by atoms with van der Waals surface area (Å²) >= 11 is 1.34. The Morgan fingerprint density at radius 3 is 2.76 bits per heavy atom. The Bertz CT molecular complexity index is 683. The van der Waals surface area contributed by atoms with E-state index in [1.165, 1.54) is 24.0 Å². The normalized spacial score (nSPS) is 10.9. The zero-order chi connectivity index (χ0) is 15.4. The van der Waals surface area contributed by atoms with E-state index in [-0.39, 0.29) is 11.5 Å². The third-order valence-corrected chi connectivity index (χ3v) is 3.81. The van der Waals surface area contributed by atoms with Gasteiger partial charge in [0.2, 0.25) is 0 Å². The van der Waals surface area contributed by atoms with Crippen LogP contribution in [0.3, 0.4) is 0 Å². The van der Waals surface area contributed by atoms with Gasteiger partial charge in [-0.05, 0) is 25.6 Å². The van der Waals surface area contributed by atoms with Gasteiger partial charge in [-0.1, -0.05) is 13.8 Å². The van der Waals surface area contributed by atoms with Gasteiger partial charge >= 0.3 is 0 Å². The molecule has 2 rings (SSSR count). The molecular formula is C14H19N5OS. The Labute approximate surface area is 127 Å². The molecule has 0 saturated carbocycles. The van der Waals surface area contributed by atoms with E-state index in [1.807, 2.05) is 13.8 Å². The van der Waals surface area contributed by atoms with Gasteiger partial charge in [-0.3, -0.25) is 4.79 Å². The highest BCUT2D eigenvalue weighted by molar-refractivity contribution is 7.99. The van der Waals surface area contributed by atoms with Crippen LogP contribution in [0.15, 0.2) is 27.2 Å². The highest BCUT2D eigenvalue weighted by Gasteiger charge is 2.14. The Morgan fingerprint density at radius 1 is 1.38 bits per heavy atom. The van der Waals surface area contributed by atoms with Gasteiger partial charge in [0, 0.05) is 30.3 Å². The second-order valence-corrected chi connectivity index (χ2v) is 5.86. The summed E-state index contributed by atoms with van der Waals surface area (Å²) in [5.41, 5.74) is 0.785. The maximum atomic E-state index is 11.4. The van der Waals surface area contributed by atoms with Crippen molar-refractivity contribution in [3.05, 3.63) is 34.0 Å². The van der Waals surface area contributed by atoms with E-state index in [0.29, 0.717) is 5.16 Å². The number of hydrogen-bond acceptors (Lipinski definition) is 6. The van der Waals surface area contributed by atoms with E-state index >= 15 is 0 Å².